The van der Waals surface area contributed by atoms with Gasteiger partial charge in [0.25, 0.3) is 11.8 Å². The van der Waals surface area contributed by atoms with Gasteiger partial charge in [0.05, 0.1) is 17.3 Å². The van der Waals surface area contributed by atoms with Crippen molar-refractivity contribution in [1.82, 2.24) is 5.32 Å². The number of primary sulfonamides is 1. The van der Waals surface area contributed by atoms with Crippen molar-refractivity contribution >= 4 is 57.0 Å². The van der Waals surface area contributed by atoms with Gasteiger partial charge in [0, 0.05) is 21.8 Å². The van der Waals surface area contributed by atoms with Gasteiger partial charge in [-0.15, -0.1) is 11.8 Å². The molecular formula is C33H32N4O6S2. The Bertz CT molecular complexity index is 1810. The van der Waals surface area contributed by atoms with Gasteiger partial charge in [-0.3, -0.25) is 14.4 Å². The summed E-state index contributed by atoms with van der Waals surface area (Å²) in [5.74, 6) is -0.664. The molecule has 0 fully saturated rings. The molecule has 0 aliphatic rings. The van der Waals surface area contributed by atoms with Crippen LogP contribution in [0.5, 0.6) is 5.75 Å². The summed E-state index contributed by atoms with van der Waals surface area (Å²) in [6.07, 6.45) is 2.06. The van der Waals surface area contributed by atoms with Crippen molar-refractivity contribution in [3.8, 4) is 5.75 Å². The van der Waals surface area contributed by atoms with Gasteiger partial charge in [-0.1, -0.05) is 43.3 Å². The molecular weight excluding hydrogens is 613 g/mol. The largest absolute Gasteiger partial charge is 0.497 e. The standard InChI is InChI=1S/C33H32N4O6S2/c1-3-30(33(40)35-24-15-17-28(18-16-24)45(34,41)42)44-27-14-8-12-25(21-27)36-32(39)29(20-22-9-7-13-26(19-22)43-2)37-31(38)23-10-5-4-6-11-23/h4-21,30H,3H2,1-2H3,(H,35,40)(H,36,39)(H,37,38)(H2,34,41,42)/b29-20-. The van der Waals surface area contributed by atoms with E-state index < -0.39 is 27.1 Å². The fourth-order valence-electron chi connectivity index (χ4n) is 4.12. The topological polar surface area (TPSA) is 157 Å². The van der Waals surface area contributed by atoms with Crippen LogP contribution in [0.3, 0.4) is 0 Å². The Morgan fingerprint density at radius 2 is 1.58 bits per heavy atom. The van der Waals surface area contributed by atoms with E-state index in [1.165, 1.54) is 36.0 Å². The molecule has 0 saturated carbocycles. The van der Waals surface area contributed by atoms with E-state index in [0.717, 1.165) is 4.90 Å². The summed E-state index contributed by atoms with van der Waals surface area (Å²) >= 11 is 1.31. The van der Waals surface area contributed by atoms with E-state index in [4.69, 9.17) is 9.88 Å². The van der Waals surface area contributed by atoms with Crippen molar-refractivity contribution < 1.29 is 27.5 Å². The van der Waals surface area contributed by atoms with Crippen molar-refractivity contribution in [2.45, 2.75) is 28.4 Å². The number of hydrogen-bond donors (Lipinski definition) is 4. The molecule has 4 rings (SSSR count). The summed E-state index contributed by atoms with van der Waals surface area (Å²) in [4.78, 5) is 40.1. The van der Waals surface area contributed by atoms with Crippen molar-refractivity contribution in [3.05, 3.63) is 120 Å². The summed E-state index contributed by atoms with van der Waals surface area (Å²) in [5.41, 5.74) is 1.96. The van der Waals surface area contributed by atoms with E-state index in [2.05, 4.69) is 16.0 Å². The maximum absolute atomic E-state index is 13.5. The first-order valence-corrected chi connectivity index (χ1v) is 16.2. The molecule has 4 aromatic rings. The van der Waals surface area contributed by atoms with E-state index in [0.29, 0.717) is 34.7 Å². The van der Waals surface area contributed by atoms with Crippen LogP contribution >= 0.6 is 11.8 Å². The number of amides is 3. The number of nitrogens with two attached hydrogens (primary N) is 1. The van der Waals surface area contributed by atoms with Gasteiger partial charge < -0.3 is 20.7 Å². The molecule has 0 spiro atoms. The van der Waals surface area contributed by atoms with Gasteiger partial charge in [0.1, 0.15) is 11.4 Å². The quantitative estimate of drug-likeness (QED) is 0.121. The molecule has 1 unspecified atom stereocenters. The summed E-state index contributed by atoms with van der Waals surface area (Å²) < 4.78 is 28.3. The number of carbonyl (C=O) groups is 3. The monoisotopic (exact) mass is 644 g/mol. The Balaban J connectivity index is 1.49. The molecule has 232 valence electrons. The zero-order valence-corrected chi connectivity index (χ0v) is 26.2. The second kappa shape index (κ2) is 15.2. The SMILES string of the molecule is CCC(Sc1cccc(NC(=O)/C(=C/c2cccc(OC)c2)NC(=O)c2ccccc2)c1)C(=O)Nc1ccc(S(N)(=O)=O)cc1. The highest BCUT2D eigenvalue weighted by Gasteiger charge is 2.20. The van der Waals surface area contributed by atoms with Crippen LogP contribution in [0.15, 0.2) is 119 Å². The lowest BCUT2D eigenvalue weighted by Gasteiger charge is -2.16. The van der Waals surface area contributed by atoms with Crippen LogP contribution in [0.4, 0.5) is 11.4 Å². The summed E-state index contributed by atoms with van der Waals surface area (Å²) in [7, 11) is -2.30. The van der Waals surface area contributed by atoms with E-state index >= 15 is 0 Å². The number of carbonyl (C=O) groups excluding carboxylic acids is 3. The van der Waals surface area contributed by atoms with Gasteiger partial charge in [0.2, 0.25) is 15.9 Å². The fraction of sp³-hybridized carbons (Fsp3) is 0.121. The number of methoxy groups -OCH3 is 1. The predicted molar refractivity (Wildman–Crippen MR) is 176 cm³/mol. The zero-order chi connectivity index (χ0) is 32.4. The third-order valence-corrected chi connectivity index (χ3v) is 8.70. The van der Waals surface area contributed by atoms with Gasteiger partial charge in [-0.25, -0.2) is 13.6 Å². The maximum Gasteiger partial charge on any atom is 0.272 e. The molecule has 3 amide bonds. The predicted octanol–water partition coefficient (Wildman–Crippen LogP) is 5.26. The second-order valence-electron chi connectivity index (χ2n) is 9.71. The first-order valence-electron chi connectivity index (χ1n) is 13.8. The molecule has 10 nitrogen and oxygen atoms in total. The highest BCUT2D eigenvalue weighted by molar-refractivity contribution is 8.00. The van der Waals surface area contributed by atoms with Gasteiger partial charge in [-0.2, -0.15) is 0 Å². The first-order chi connectivity index (χ1) is 21.5. The summed E-state index contributed by atoms with van der Waals surface area (Å²) in [5, 5.41) is 13.0. The number of hydrogen-bond acceptors (Lipinski definition) is 7. The lowest BCUT2D eigenvalue weighted by atomic mass is 10.1. The molecule has 4 aromatic carbocycles. The van der Waals surface area contributed by atoms with E-state index in [1.807, 2.05) is 13.0 Å². The van der Waals surface area contributed by atoms with Gasteiger partial charge in [0.15, 0.2) is 0 Å². The minimum atomic E-state index is -3.84. The van der Waals surface area contributed by atoms with E-state index in [1.54, 1.807) is 86.0 Å². The summed E-state index contributed by atoms with van der Waals surface area (Å²) in [6.45, 7) is 1.87. The zero-order valence-electron chi connectivity index (χ0n) is 24.5. The maximum atomic E-state index is 13.5. The average Bonchev–Trinajstić information content (AvgIpc) is 3.03. The third kappa shape index (κ3) is 9.54. The molecule has 0 heterocycles. The molecule has 0 aliphatic heterocycles. The molecule has 45 heavy (non-hydrogen) atoms. The smallest absolute Gasteiger partial charge is 0.272 e. The van der Waals surface area contributed by atoms with Crippen LogP contribution in [0.25, 0.3) is 6.08 Å². The van der Waals surface area contributed by atoms with Crippen molar-refractivity contribution in [1.29, 1.82) is 0 Å². The van der Waals surface area contributed by atoms with Gasteiger partial charge >= 0.3 is 0 Å². The van der Waals surface area contributed by atoms with E-state index in [9.17, 15) is 22.8 Å². The minimum absolute atomic E-state index is 0.0226. The lowest BCUT2D eigenvalue weighted by Crippen LogP contribution is -2.30. The minimum Gasteiger partial charge on any atom is -0.497 e. The molecule has 1 atom stereocenters. The van der Waals surface area contributed by atoms with Crippen molar-refractivity contribution in [3.63, 3.8) is 0 Å². The number of thioether (sulfide) groups is 1. The van der Waals surface area contributed by atoms with Crippen LogP contribution < -0.4 is 25.8 Å². The van der Waals surface area contributed by atoms with Crippen LogP contribution in [0.2, 0.25) is 0 Å². The third-order valence-electron chi connectivity index (χ3n) is 6.42. The number of rotatable bonds is 12. The average molecular weight is 645 g/mol. The number of anilines is 2. The van der Waals surface area contributed by atoms with Crippen LogP contribution in [0.1, 0.15) is 29.3 Å². The molecule has 12 heteroatoms. The Morgan fingerprint density at radius 3 is 2.24 bits per heavy atom. The second-order valence-corrected chi connectivity index (χ2v) is 12.5. The lowest BCUT2D eigenvalue weighted by molar-refractivity contribution is -0.116. The van der Waals surface area contributed by atoms with Crippen molar-refractivity contribution in [2.75, 3.05) is 17.7 Å². The van der Waals surface area contributed by atoms with Gasteiger partial charge in [-0.05, 0) is 84.8 Å². The van der Waals surface area contributed by atoms with Crippen LogP contribution in [0, 0.1) is 0 Å². The molecule has 0 radical (unpaired) electrons. The number of ether oxygens (including phenoxy) is 1. The molecule has 5 N–H and O–H groups in total. The Hall–Kier alpha value is -4.91. The Morgan fingerprint density at radius 1 is 0.867 bits per heavy atom. The molecule has 0 aliphatic carbocycles. The molecule has 0 saturated heterocycles. The Kier molecular flexibility index (Phi) is 11.1. The Labute approximate surface area is 266 Å². The normalized spacial score (nSPS) is 12.1. The fourth-order valence-corrected chi connectivity index (χ4v) is 5.65. The molecule has 0 bridgehead atoms. The van der Waals surface area contributed by atoms with Crippen LogP contribution in [-0.2, 0) is 19.6 Å². The van der Waals surface area contributed by atoms with E-state index in [-0.39, 0.29) is 16.5 Å². The first kappa shape index (κ1) is 33.0. The highest BCUT2D eigenvalue weighted by Crippen LogP contribution is 2.29. The molecule has 0 aromatic heterocycles. The number of nitrogens with one attached hydrogen (secondary N) is 3. The highest BCUT2D eigenvalue weighted by atomic mass is 32.2. The number of sulfonamides is 1. The summed E-state index contributed by atoms with van der Waals surface area (Å²) in [6, 6.07) is 28.2. The number of benzene rings is 4. The van der Waals surface area contributed by atoms with Crippen molar-refractivity contribution in [2.24, 2.45) is 5.14 Å². The van der Waals surface area contributed by atoms with Crippen LogP contribution in [-0.4, -0.2) is 38.5 Å².